The maximum absolute atomic E-state index is 11.3. The molecule has 2 N–H and O–H groups in total. The van der Waals surface area contributed by atoms with Gasteiger partial charge < -0.3 is 15.2 Å². The normalized spacial score (nSPS) is 12.7. The third kappa shape index (κ3) is 6.69. The van der Waals surface area contributed by atoms with Crippen LogP contribution >= 0.6 is 23.2 Å². The number of rotatable bonds is 8. The summed E-state index contributed by atoms with van der Waals surface area (Å²) < 4.78 is 9.66. The Morgan fingerprint density at radius 2 is 1.50 bits per heavy atom. The summed E-state index contributed by atoms with van der Waals surface area (Å²) in [5.74, 6) is -0.0751. The summed E-state index contributed by atoms with van der Waals surface area (Å²) in [5, 5.41) is 27.0. The predicted molar refractivity (Wildman–Crippen MR) is 126 cm³/mol. The molecule has 0 fully saturated rings. The third-order valence-electron chi connectivity index (χ3n) is 4.44. The zero-order chi connectivity index (χ0) is 24.7. The lowest BCUT2D eigenvalue weighted by Crippen LogP contribution is -2.47. The van der Waals surface area contributed by atoms with Crippen LogP contribution in [0.25, 0.3) is 22.1 Å². The van der Waals surface area contributed by atoms with Crippen LogP contribution in [0.15, 0.2) is 36.4 Å². The summed E-state index contributed by atoms with van der Waals surface area (Å²) in [6.45, 7) is 0.449. The van der Waals surface area contributed by atoms with Gasteiger partial charge in [0.1, 0.15) is 40.8 Å². The number of ketones is 1. The first-order valence-electron chi connectivity index (χ1n) is 9.96. The number of benzene rings is 2. The first kappa shape index (κ1) is 25.5. The number of nitrogens with zero attached hydrogens (tertiary/aromatic N) is 7. The Labute approximate surface area is 204 Å². The maximum Gasteiger partial charge on any atom is 0.181 e. The van der Waals surface area contributed by atoms with Crippen LogP contribution in [0.5, 0.6) is 0 Å². The van der Waals surface area contributed by atoms with Gasteiger partial charge in [0.2, 0.25) is 0 Å². The van der Waals surface area contributed by atoms with Crippen LogP contribution in [0.2, 0.25) is 10.0 Å². The van der Waals surface area contributed by atoms with Crippen molar-refractivity contribution in [3.63, 3.8) is 0 Å². The Balaban J connectivity index is 0.000000192. The zero-order valence-corrected chi connectivity index (χ0v) is 20.0. The van der Waals surface area contributed by atoms with Crippen molar-refractivity contribution in [3.8, 4) is 6.07 Å². The first-order valence-corrected chi connectivity index (χ1v) is 10.7. The lowest BCUT2D eigenvalue weighted by atomic mass is 10.1. The number of Topliss-reactive ketones (excluding diaryl/α,β-unsaturated/α-hetero) is 1. The number of ether oxygens (including phenoxy) is 2. The molecule has 11 nitrogen and oxygen atoms in total. The maximum atomic E-state index is 11.3. The Morgan fingerprint density at radius 3 is 2.03 bits per heavy atom. The third-order valence-corrected chi connectivity index (χ3v) is 4.91. The van der Waals surface area contributed by atoms with Gasteiger partial charge >= 0.3 is 0 Å². The van der Waals surface area contributed by atoms with Gasteiger partial charge in [0, 0.05) is 24.3 Å². The molecule has 0 bridgehead atoms. The van der Waals surface area contributed by atoms with Crippen molar-refractivity contribution >= 4 is 51.1 Å². The molecule has 0 aliphatic heterocycles. The number of nitrogens with two attached hydrogens (primary N) is 1. The molecule has 13 heteroatoms. The van der Waals surface area contributed by atoms with Crippen molar-refractivity contribution in [1.29, 1.82) is 5.26 Å². The van der Waals surface area contributed by atoms with Gasteiger partial charge in [-0.2, -0.15) is 35.2 Å². The van der Waals surface area contributed by atoms with E-state index in [1.54, 1.807) is 36.4 Å². The summed E-state index contributed by atoms with van der Waals surface area (Å²) >= 11 is 11.7. The van der Waals surface area contributed by atoms with Crippen LogP contribution in [0.3, 0.4) is 0 Å². The van der Waals surface area contributed by atoms with Gasteiger partial charge in [0.25, 0.3) is 0 Å². The lowest BCUT2D eigenvalue weighted by Gasteiger charge is -2.18. The van der Waals surface area contributed by atoms with Crippen molar-refractivity contribution in [3.05, 3.63) is 46.4 Å². The van der Waals surface area contributed by atoms with Gasteiger partial charge in [-0.15, -0.1) is 0 Å². The summed E-state index contributed by atoms with van der Waals surface area (Å²) in [6, 6.07) is 12.4. The SMILES string of the molecule is COCC(=O)Cn1nc2ccc(Cl)cc2n1.COCC(N)(C#N)Cn1nc2ccc(Cl)cc2n1. The topological polar surface area (TPSA) is 147 Å². The summed E-state index contributed by atoms with van der Waals surface area (Å²) in [7, 11) is 2.97. The second-order valence-electron chi connectivity index (χ2n) is 7.40. The Morgan fingerprint density at radius 1 is 0.971 bits per heavy atom. The molecule has 4 aromatic rings. The predicted octanol–water partition coefficient (Wildman–Crippen LogP) is 2.25. The highest BCUT2D eigenvalue weighted by atomic mass is 35.5. The molecule has 2 aromatic carbocycles. The van der Waals surface area contributed by atoms with E-state index in [0.29, 0.717) is 26.6 Å². The molecule has 2 heterocycles. The monoisotopic (exact) mass is 504 g/mol. The van der Waals surface area contributed by atoms with Gasteiger partial charge in [0.05, 0.1) is 19.2 Å². The number of aromatic nitrogens is 6. The zero-order valence-electron chi connectivity index (χ0n) is 18.5. The molecule has 0 amide bonds. The quantitative estimate of drug-likeness (QED) is 0.381. The standard InChI is InChI=1S/C11H12ClN5O.C10H10ClN3O2/c1-18-7-11(14,5-13)6-17-15-9-3-2-8(12)4-10(9)16-17;1-16-6-8(15)5-14-12-9-3-2-7(11)4-10(9)13-14/h2-4H,6-7,14H2,1H3;2-4H,5-6H2,1H3. The fourth-order valence-corrected chi connectivity index (χ4v) is 3.33. The van der Waals surface area contributed by atoms with Gasteiger partial charge in [-0.3, -0.25) is 4.79 Å². The van der Waals surface area contributed by atoms with Crippen LogP contribution < -0.4 is 5.73 Å². The average molecular weight is 505 g/mol. The van der Waals surface area contributed by atoms with Gasteiger partial charge in [-0.1, -0.05) is 23.2 Å². The summed E-state index contributed by atoms with van der Waals surface area (Å²) in [4.78, 5) is 14.0. The van der Waals surface area contributed by atoms with E-state index in [0.717, 1.165) is 5.52 Å². The van der Waals surface area contributed by atoms with Crippen molar-refractivity contribution in [2.24, 2.45) is 5.73 Å². The second-order valence-corrected chi connectivity index (χ2v) is 8.27. The van der Waals surface area contributed by atoms with Crippen LogP contribution in [-0.2, 0) is 27.4 Å². The molecule has 0 aliphatic rings. The second kappa shape index (κ2) is 11.3. The molecule has 0 saturated carbocycles. The van der Waals surface area contributed by atoms with E-state index in [4.69, 9.17) is 43.7 Å². The summed E-state index contributed by atoms with van der Waals surface area (Å²) in [6.07, 6.45) is 0. The molecule has 1 atom stereocenters. The number of carbonyl (C=O) groups is 1. The minimum absolute atomic E-state index is 0.0681. The highest BCUT2D eigenvalue weighted by molar-refractivity contribution is 6.31. The van der Waals surface area contributed by atoms with E-state index < -0.39 is 5.54 Å². The Hall–Kier alpha value is -3.14. The minimum Gasteiger partial charge on any atom is -0.382 e. The minimum atomic E-state index is -1.15. The number of nitriles is 1. The van der Waals surface area contributed by atoms with Crippen LogP contribution in [0, 0.1) is 11.3 Å². The molecule has 0 saturated heterocycles. The largest absolute Gasteiger partial charge is 0.382 e. The van der Waals surface area contributed by atoms with Crippen LogP contribution in [0.4, 0.5) is 0 Å². The molecule has 1 unspecified atom stereocenters. The molecule has 0 spiro atoms. The van der Waals surface area contributed by atoms with Crippen molar-refractivity contribution in [1.82, 2.24) is 30.0 Å². The number of methoxy groups -OCH3 is 2. The fourth-order valence-electron chi connectivity index (χ4n) is 2.99. The highest BCUT2D eigenvalue weighted by Crippen LogP contribution is 2.17. The number of hydrogen-bond acceptors (Lipinski definition) is 9. The molecule has 0 aliphatic carbocycles. The fraction of sp³-hybridized carbons (Fsp3) is 0.333. The van der Waals surface area contributed by atoms with Gasteiger partial charge in [0.15, 0.2) is 5.78 Å². The average Bonchev–Trinajstić information content (AvgIpc) is 3.36. The van der Waals surface area contributed by atoms with Crippen molar-refractivity contribution in [2.45, 2.75) is 18.6 Å². The van der Waals surface area contributed by atoms with Gasteiger partial charge in [-0.05, 0) is 36.4 Å². The number of carbonyl (C=O) groups excluding carboxylic acids is 1. The molecule has 178 valence electrons. The van der Waals surface area contributed by atoms with E-state index in [-0.39, 0.29) is 32.1 Å². The van der Waals surface area contributed by atoms with E-state index in [1.165, 1.54) is 23.8 Å². The van der Waals surface area contributed by atoms with Crippen molar-refractivity contribution in [2.75, 3.05) is 27.4 Å². The first-order chi connectivity index (χ1) is 16.2. The van der Waals surface area contributed by atoms with E-state index in [1.807, 2.05) is 6.07 Å². The number of halogens is 2. The van der Waals surface area contributed by atoms with E-state index in [9.17, 15) is 4.79 Å². The summed E-state index contributed by atoms with van der Waals surface area (Å²) in [5.41, 5.74) is 7.50. The highest BCUT2D eigenvalue weighted by Gasteiger charge is 2.26. The molecular formula is C21H22Cl2N8O3. The molecule has 0 radical (unpaired) electrons. The molecule has 2 aromatic heterocycles. The van der Waals surface area contributed by atoms with Crippen LogP contribution in [0.1, 0.15) is 0 Å². The lowest BCUT2D eigenvalue weighted by molar-refractivity contribution is -0.123. The molecule has 4 rings (SSSR count). The number of fused-ring (bicyclic) bond motifs is 2. The molecular weight excluding hydrogens is 483 g/mol. The smallest absolute Gasteiger partial charge is 0.181 e. The number of hydrogen-bond donors (Lipinski definition) is 1. The van der Waals surface area contributed by atoms with Crippen molar-refractivity contribution < 1.29 is 14.3 Å². The molecule has 34 heavy (non-hydrogen) atoms. The Bertz CT molecular complexity index is 1330. The Kier molecular flexibility index (Phi) is 8.49. The van der Waals surface area contributed by atoms with Crippen LogP contribution in [-0.4, -0.2) is 68.7 Å². The van der Waals surface area contributed by atoms with E-state index in [2.05, 4.69) is 20.4 Å². The van der Waals surface area contributed by atoms with Gasteiger partial charge in [-0.25, -0.2) is 0 Å². The van der Waals surface area contributed by atoms with E-state index >= 15 is 0 Å².